The number of hydrogen-bond acceptors (Lipinski definition) is 6. The van der Waals surface area contributed by atoms with Crippen molar-refractivity contribution in [1.29, 1.82) is 0 Å². The van der Waals surface area contributed by atoms with E-state index in [4.69, 9.17) is 9.52 Å². The zero-order valence-corrected chi connectivity index (χ0v) is 18.8. The lowest BCUT2D eigenvalue weighted by Crippen LogP contribution is -2.16. The van der Waals surface area contributed by atoms with Crippen LogP contribution in [-0.2, 0) is 11.0 Å². The van der Waals surface area contributed by atoms with Gasteiger partial charge in [0.15, 0.2) is 0 Å². The molecule has 0 atom stereocenters. The van der Waals surface area contributed by atoms with E-state index in [2.05, 4.69) is 20.8 Å². The Hall–Kier alpha value is -3.96. The molecule has 3 N–H and O–H groups in total. The second kappa shape index (κ2) is 10.3. The third-order valence-corrected chi connectivity index (χ3v) is 6.10. The first-order valence-electron chi connectivity index (χ1n) is 11.2. The predicted molar refractivity (Wildman–Crippen MR) is 120 cm³/mol. The molecular weight excluding hydrogens is 484 g/mol. The number of rotatable bonds is 7. The van der Waals surface area contributed by atoms with Gasteiger partial charge in [-0.3, -0.25) is 9.59 Å². The lowest BCUT2D eigenvalue weighted by Gasteiger charge is -2.28. The highest BCUT2D eigenvalue weighted by Crippen LogP contribution is 2.38. The molecule has 1 saturated carbocycles. The van der Waals surface area contributed by atoms with Crippen LogP contribution in [0.4, 0.5) is 35.0 Å². The monoisotopic (exact) mass is 506 g/mol. The van der Waals surface area contributed by atoms with Gasteiger partial charge in [-0.2, -0.15) is 13.2 Å². The number of anilines is 3. The quantitative estimate of drug-likeness (QED) is 0.338. The molecule has 0 radical (unpaired) electrons. The first-order valence-corrected chi connectivity index (χ1v) is 11.2. The average molecular weight is 506 g/mol. The summed E-state index contributed by atoms with van der Waals surface area (Å²) in [4.78, 5) is 23.3. The van der Waals surface area contributed by atoms with Crippen molar-refractivity contribution < 1.29 is 36.7 Å². The maximum Gasteiger partial charge on any atom is 0.418 e. The summed E-state index contributed by atoms with van der Waals surface area (Å²) in [6.45, 7) is 0. The highest BCUT2D eigenvalue weighted by Gasteiger charge is 2.34. The van der Waals surface area contributed by atoms with Crippen LogP contribution >= 0.6 is 0 Å². The van der Waals surface area contributed by atoms with Gasteiger partial charge >= 0.3 is 30.0 Å². The molecule has 0 saturated heterocycles. The number of alkyl halides is 3. The molecule has 0 aliphatic heterocycles. The van der Waals surface area contributed by atoms with E-state index in [0.29, 0.717) is 17.7 Å². The Labute approximate surface area is 202 Å². The second-order valence-corrected chi connectivity index (χ2v) is 8.62. The molecule has 2 aromatic carbocycles. The van der Waals surface area contributed by atoms with Crippen molar-refractivity contribution in [2.24, 2.45) is 5.92 Å². The molecule has 0 bridgehead atoms. The SMILES string of the molecule is O=C(O)C[C@H]1CC[C@H](c2ccc(NC(=O)c3nnc(Nc4ccc(F)cc4C(F)(F)F)o3)cc2)CC1. The van der Waals surface area contributed by atoms with Gasteiger partial charge < -0.3 is 20.2 Å². The normalized spacial score (nSPS) is 18.0. The summed E-state index contributed by atoms with van der Waals surface area (Å²) in [5.41, 5.74) is -0.228. The van der Waals surface area contributed by atoms with Crippen LogP contribution in [0, 0.1) is 11.7 Å². The van der Waals surface area contributed by atoms with E-state index in [1.165, 1.54) is 0 Å². The molecule has 1 aliphatic rings. The van der Waals surface area contributed by atoms with E-state index < -0.39 is 47.0 Å². The number of nitrogens with one attached hydrogen (secondary N) is 2. The molecular formula is C24H22F4N4O4. The fourth-order valence-corrected chi connectivity index (χ4v) is 4.31. The number of aromatic nitrogens is 2. The molecule has 1 aliphatic carbocycles. The van der Waals surface area contributed by atoms with Crippen molar-refractivity contribution in [3.05, 3.63) is 65.3 Å². The third-order valence-electron chi connectivity index (χ3n) is 6.10. The Morgan fingerprint density at radius 3 is 2.36 bits per heavy atom. The van der Waals surface area contributed by atoms with Gasteiger partial charge in [-0.25, -0.2) is 4.39 Å². The van der Waals surface area contributed by atoms with Crippen molar-refractivity contribution in [1.82, 2.24) is 10.2 Å². The van der Waals surface area contributed by atoms with Crippen molar-refractivity contribution in [2.45, 2.75) is 44.2 Å². The van der Waals surface area contributed by atoms with Crippen LogP contribution in [0.5, 0.6) is 0 Å². The summed E-state index contributed by atoms with van der Waals surface area (Å²) in [5, 5.41) is 20.9. The number of aliphatic carboxylic acids is 1. The van der Waals surface area contributed by atoms with E-state index in [9.17, 15) is 27.2 Å². The smallest absolute Gasteiger partial charge is 0.418 e. The molecule has 12 heteroatoms. The fraction of sp³-hybridized carbons (Fsp3) is 0.333. The minimum Gasteiger partial charge on any atom is -0.481 e. The number of amides is 1. The lowest BCUT2D eigenvalue weighted by atomic mass is 9.77. The second-order valence-electron chi connectivity index (χ2n) is 8.62. The number of halogens is 4. The summed E-state index contributed by atoms with van der Waals surface area (Å²) in [5.74, 6) is -2.55. The zero-order valence-electron chi connectivity index (χ0n) is 18.8. The molecule has 36 heavy (non-hydrogen) atoms. The first-order chi connectivity index (χ1) is 17.1. The molecule has 1 fully saturated rings. The van der Waals surface area contributed by atoms with Gasteiger partial charge in [-0.1, -0.05) is 17.2 Å². The summed E-state index contributed by atoms with van der Waals surface area (Å²) < 4.78 is 57.9. The third kappa shape index (κ3) is 6.18. The van der Waals surface area contributed by atoms with Crippen molar-refractivity contribution in [2.75, 3.05) is 10.6 Å². The van der Waals surface area contributed by atoms with E-state index >= 15 is 0 Å². The molecule has 4 rings (SSSR count). The number of benzene rings is 2. The number of nitrogens with zero attached hydrogens (tertiary/aromatic N) is 2. The van der Waals surface area contributed by atoms with Gasteiger partial charge in [-0.15, -0.1) is 5.10 Å². The lowest BCUT2D eigenvalue weighted by molar-refractivity contribution is -0.138. The minimum absolute atomic E-state index is 0.192. The van der Waals surface area contributed by atoms with Gasteiger partial charge in [-0.05, 0) is 73.4 Å². The Balaban J connectivity index is 1.36. The standard InChI is InChI=1S/C24H22F4N4O4/c25-16-7-10-19(18(12-16)24(26,27)28)30-23-32-31-22(36-23)21(35)29-17-8-5-15(6-9-17)14-3-1-13(2-4-14)11-20(33)34/h5-10,12-14H,1-4,11H2,(H,29,35)(H,30,32)(H,33,34)/t13-,14-. The van der Waals surface area contributed by atoms with E-state index in [1.54, 1.807) is 12.1 Å². The molecule has 1 aromatic heterocycles. The van der Waals surface area contributed by atoms with Gasteiger partial charge in [0.1, 0.15) is 5.82 Å². The average Bonchev–Trinajstić information content (AvgIpc) is 3.29. The summed E-state index contributed by atoms with van der Waals surface area (Å²) >= 11 is 0. The number of carbonyl (C=O) groups excluding carboxylic acids is 1. The first kappa shape index (κ1) is 25.1. The van der Waals surface area contributed by atoms with E-state index in [0.717, 1.165) is 43.4 Å². The largest absolute Gasteiger partial charge is 0.481 e. The van der Waals surface area contributed by atoms with Crippen LogP contribution in [0.2, 0.25) is 0 Å². The van der Waals surface area contributed by atoms with Crippen molar-refractivity contribution >= 4 is 29.3 Å². The van der Waals surface area contributed by atoms with Crippen LogP contribution in [-0.4, -0.2) is 27.2 Å². The van der Waals surface area contributed by atoms with Crippen molar-refractivity contribution in [3.8, 4) is 0 Å². The van der Waals surface area contributed by atoms with E-state index in [1.807, 2.05) is 12.1 Å². The summed E-state index contributed by atoms with van der Waals surface area (Å²) in [6.07, 6.45) is -1.14. The van der Waals surface area contributed by atoms with Gasteiger partial charge in [0.05, 0.1) is 11.3 Å². The summed E-state index contributed by atoms with van der Waals surface area (Å²) in [7, 11) is 0. The molecule has 1 heterocycles. The number of hydrogen-bond donors (Lipinski definition) is 3. The molecule has 0 unspecified atom stereocenters. The Morgan fingerprint density at radius 2 is 1.72 bits per heavy atom. The summed E-state index contributed by atoms with van der Waals surface area (Å²) in [6, 6.07) is 8.76. The topological polar surface area (TPSA) is 117 Å². The number of carboxylic acids is 1. The minimum atomic E-state index is -4.82. The van der Waals surface area contributed by atoms with Crippen molar-refractivity contribution in [3.63, 3.8) is 0 Å². The van der Waals surface area contributed by atoms with Crippen LogP contribution in [0.25, 0.3) is 0 Å². The van der Waals surface area contributed by atoms with Crippen LogP contribution in [0.1, 0.15) is 59.8 Å². The highest BCUT2D eigenvalue weighted by molar-refractivity contribution is 6.00. The number of carbonyl (C=O) groups is 2. The van der Waals surface area contributed by atoms with Gasteiger partial charge in [0, 0.05) is 12.1 Å². The Bertz CT molecular complexity index is 1240. The Kier molecular flexibility index (Phi) is 7.22. The van der Waals surface area contributed by atoms with Gasteiger partial charge in [0.25, 0.3) is 0 Å². The van der Waals surface area contributed by atoms with Crippen LogP contribution < -0.4 is 10.6 Å². The maximum absolute atomic E-state index is 13.3. The molecule has 1 amide bonds. The van der Waals surface area contributed by atoms with Crippen LogP contribution in [0.3, 0.4) is 0 Å². The van der Waals surface area contributed by atoms with Gasteiger partial charge in [0.2, 0.25) is 0 Å². The van der Waals surface area contributed by atoms with Crippen LogP contribution in [0.15, 0.2) is 46.9 Å². The molecule has 8 nitrogen and oxygen atoms in total. The molecule has 190 valence electrons. The molecule has 0 spiro atoms. The van der Waals surface area contributed by atoms with E-state index in [-0.39, 0.29) is 12.3 Å². The Morgan fingerprint density at radius 1 is 1.03 bits per heavy atom. The molecule has 3 aromatic rings. The fourth-order valence-electron chi connectivity index (χ4n) is 4.31. The predicted octanol–water partition coefficient (Wildman–Crippen LogP) is 5.97. The zero-order chi connectivity index (χ0) is 25.9. The number of carboxylic acid groups (broad SMARTS) is 1. The maximum atomic E-state index is 13.3. The highest BCUT2D eigenvalue weighted by atomic mass is 19.4.